The fourth-order valence-corrected chi connectivity index (χ4v) is 3.08. The van der Waals surface area contributed by atoms with E-state index in [9.17, 15) is 14.4 Å². The number of benzene rings is 2. The molecule has 2 N–H and O–H groups in total. The highest BCUT2D eigenvalue weighted by molar-refractivity contribution is 6.33. The normalized spacial score (nSPS) is 11.6. The lowest BCUT2D eigenvalue weighted by Gasteiger charge is -2.21. The van der Waals surface area contributed by atoms with Crippen molar-refractivity contribution in [1.29, 1.82) is 0 Å². The van der Waals surface area contributed by atoms with Crippen molar-refractivity contribution in [1.82, 2.24) is 5.32 Å². The van der Waals surface area contributed by atoms with E-state index in [1.165, 1.54) is 7.11 Å². The van der Waals surface area contributed by atoms with Crippen LogP contribution in [0.4, 0.5) is 5.69 Å². The van der Waals surface area contributed by atoms with Crippen molar-refractivity contribution in [2.45, 2.75) is 26.8 Å². The number of hydrogen-bond donors (Lipinski definition) is 2. The Hall–Kier alpha value is -2.77. The van der Waals surface area contributed by atoms with Gasteiger partial charge in [-0.15, -0.1) is 0 Å². The van der Waals surface area contributed by atoms with E-state index in [2.05, 4.69) is 10.6 Å². The van der Waals surface area contributed by atoms with Gasteiger partial charge in [-0.1, -0.05) is 49.2 Å². The molecule has 2 aromatic carbocycles. The zero-order chi connectivity index (χ0) is 23.1. The van der Waals surface area contributed by atoms with Gasteiger partial charge in [0.25, 0.3) is 11.8 Å². The number of carbonyl (C=O) groups excluding carboxylic acids is 3. The summed E-state index contributed by atoms with van der Waals surface area (Å²) >= 11 is 12.1. The molecule has 31 heavy (non-hydrogen) atoms. The molecule has 2 aromatic rings. The van der Waals surface area contributed by atoms with Crippen LogP contribution in [-0.4, -0.2) is 37.5 Å². The topological polar surface area (TPSA) is 93.7 Å². The Morgan fingerprint density at radius 3 is 2.35 bits per heavy atom. The number of hydrogen-bond acceptors (Lipinski definition) is 5. The monoisotopic (exact) mass is 466 g/mol. The molecule has 0 radical (unpaired) electrons. The quantitative estimate of drug-likeness (QED) is 0.567. The summed E-state index contributed by atoms with van der Waals surface area (Å²) in [4.78, 5) is 37.3. The lowest BCUT2D eigenvalue weighted by atomic mass is 10.0. The highest BCUT2D eigenvalue weighted by atomic mass is 35.5. The number of aryl methyl sites for hydroxylation is 1. The van der Waals surface area contributed by atoms with Crippen LogP contribution < -0.4 is 15.4 Å². The van der Waals surface area contributed by atoms with Gasteiger partial charge in [0, 0.05) is 11.1 Å². The van der Waals surface area contributed by atoms with Crippen LogP contribution >= 0.6 is 23.2 Å². The molecule has 166 valence electrons. The molecule has 1 unspecified atom stereocenters. The van der Waals surface area contributed by atoms with Gasteiger partial charge in [0.1, 0.15) is 11.8 Å². The molecule has 0 saturated heterocycles. The first-order valence-corrected chi connectivity index (χ1v) is 10.3. The largest absolute Gasteiger partial charge is 0.495 e. The van der Waals surface area contributed by atoms with E-state index in [1.807, 2.05) is 0 Å². The predicted octanol–water partition coefficient (Wildman–Crippen LogP) is 4.25. The maximum Gasteiger partial charge on any atom is 0.329 e. The van der Waals surface area contributed by atoms with Gasteiger partial charge >= 0.3 is 5.97 Å². The minimum atomic E-state index is -0.955. The molecule has 0 spiro atoms. The summed E-state index contributed by atoms with van der Waals surface area (Å²) in [5.41, 5.74) is 1.39. The molecule has 0 aliphatic rings. The van der Waals surface area contributed by atoms with Crippen molar-refractivity contribution in [2.24, 2.45) is 5.92 Å². The summed E-state index contributed by atoms with van der Waals surface area (Å²) in [7, 11) is 1.45. The molecule has 2 amide bonds. The van der Waals surface area contributed by atoms with Gasteiger partial charge in [-0.3, -0.25) is 9.59 Å². The molecule has 0 saturated carbocycles. The Morgan fingerprint density at radius 1 is 1.06 bits per heavy atom. The molecular formula is C22H24Cl2N2O5. The average Bonchev–Trinajstić information content (AvgIpc) is 2.72. The van der Waals surface area contributed by atoms with Gasteiger partial charge in [0.15, 0.2) is 6.61 Å². The molecule has 0 aromatic heterocycles. The van der Waals surface area contributed by atoms with E-state index in [0.29, 0.717) is 16.5 Å². The third-order valence-electron chi connectivity index (χ3n) is 4.43. The van der Waals surface area contributed by atoms with Crippen LogP contribution in [0.5, 0.6) is 5.75 Å². The van der Waals surface area contributed by atoms with Crippen LogP contribution in [-0.2, 0) is 14.3 Å². The fraction of sp³-hybridized carbons (Fsp3) is 0.318. The number of halogens is 2. The first-order valence-electron chi connectivity index (χ1n) is 9.50. The van der Waals surface area contributed by atoms with E-state index in [1.54, 1.807) is 57.2 Å². The van der Waals surface area contributed by atoms with Crippen LogP contribution in [0.1, 0.15) is 29.8 Å². The number of esters is 1. The van der Waals surface area contributed by atoms with E-state index >= 15 is 0 Å². The second kappa shape index (κ2) is 11.0. The Bertz CT molecular complexity index is 978. The van der Waals surface area contributed by atoms with Gasteiger partial charge in [-0.05, 0) is 36.6 Å². The molecule has 0 aliphatic heterocycles. The molecule has 0 heterocycles. The third kappa shape index (κ3) is 6.60. The molecule has 2 rings (SSSR count). The summed E-state index contributed by atoms with van der Waals surface area (Å²) in [5.74, 6) is -1.70. The van der Waals surface area contributed by atoms with Gasteiger partial charge < -0.3 is 20.1 Å². The summed E-state index contributed by atoms with van der Waals surface area (Å²) in [6.07, 6.45) is 0. The van der Waals surface area contributed by atoms with Gasteiger partial charge in [-0.2, -0.15) is 0 Å². The van der Waals surface area contributed by atoms with Gasteiger partial charge in [0.2, 0.25) is 0 Å². The Balaban J connectivity index is 2.00. The number of anilines is 1. The number of ether oxygens (including phenoxy) is 2. The van der Waals surface area contributed by atoms with Crippen molar-refractivity contribution in [3.8, 4) is 5.75 Å². The van der Waals surface area contributed by atoms with Crippen molar-refractivity contribution in [2.75, 3.05) is 19.0 Å². The number of methoxy groups -OCH3 is 1. The summed E-state index contributed by atoms with van der Waals surface area (Å²) < 4.78 is 10.3. The Morgan fingerprint density at radius 2 is 1.74 bits per heavy atom. The zero-order valence-electron chi connectivity index (χ0n) is 17.6. The number of rotatable bonds is 8. The van der Waals surface area contributed by atoms with E-state index < -0.39 is 30.4 Å². The molecule has 7 nitrogen and oxygen atoms in total. The number of nitrogens with one attached hydrogen (secondary N) is 2. The summed E-state index contributed by atoms with van der Waals surface area (Å²) in [6.45, 7) is 4.75. The van der Waals surface area contributed by atoms with Gasteiger partial charge in [-0.25, -0.2) is 4.79 Å². The van der Waals surface area contributed by atoms with Crippen LogP contribution in [0, 0.1) is 12.8 Å². The number of amides is 2. The van der Waals surface area contributed by atoms with Crippen molar-refractivity contribution in [3.63, 3.8) is 0 Å². The summed E-state index contributed by atoms with van der Waals surface area (Å²) in [6, 6.07) is 8.78. The van der Waals surface area contributed by atoms with Crippen molar-refractivity contribution >= 4 is 46.7 Å². The first-order chi connectivity index (χ1) is 14.6. The van der Waals surface area contributed by atoms with E-state index in [-0.39, 0.29) is 16.5 Å². The minimum absolute atomic E-state index is 0.241. The fourth-order valence-electron chi connectivity index (χ4n) is 2.70. The molecular weight excluding hydrogens is 443 g/mol. The third-order valence-corrected chi connectivity index (χ3v) is 5.16. The second-order valence-corrected chi connectivity index (χ2v) is 7.95. The smallest absolute Gasteiger partial charge is 0.329 e. The van der Waals surface area contributed by atoms with E-state index in [4.69, 9.17) is 32.7 Å². The molecule has 0 aliphatic carbocycles. The predicted molar refractivity (Wildman–Crippen MR) is 120 cm³/mol. The highest BCUT2D eigenvalue weighted by Gasteiger charge is 2.27. The van der Waals surface area contributed by atoms with Crippen LogP contribution in [0.2, 0.25) is 10.0 Å². The average molecular weight is 467 g/mol. The molecule has 9 heteroatoms. The SMILES string of the molecule is COc1cc(Cl)c(C)cc1NC(=O)COC(=O)C(NC(=O)c1ccccc1Cl)C(C)C. The maximum atomic E-state index is 12.5. The van der Waals surface area contributed by atoms with Crippen LogP contribution in [0.25, 0.3) is 0 Å². The number of carbonyl (C=O) groups is 3. The van der Waals surface area contributed by atoms with Crippen LogP contribution in [0.15, 0.2) is 36.4 Å². The van der Waals surface area contributed by atoms with Crippen molar-refractivity contribution < 1.29 is 23.9 Å². The van der Waals surface area contributed by atoms with E-state index in [0.717, 1.165) is 5.56 Å². The molecule has 1 atom stereocenters. The highest BCUT2D eigenvalue weighted by Crippen LogP contribution is 2.30. The Kier molecular flexibility index (Phi) is 8.71. The molecule has 0 bridgehead atoms. The first kappa shape index (κ1) is 24.5. The Labute approximate surface area is 191 Å². The van der Waals surface area contributed by atoms with Gasteiger partial charge in [0.05, 0.1) is 23.4 Å². The lowest BCUT2D eigenvalue weighted by molar-refractivity contribution is -0.150. The minimum Gasteiger partial charge on any atom is -0.495 e. The summed E-state index contributed by atoms with van der Waals surface area (Å²) in [5, 5.41) is 6.00. The van der Waals surface area contributed by atoms with Crippen molar-refractivity contribution in [3.05, 3.63) is 57.6 Å². The second-order valence-electron chi connectivity index (χ2n) is 7.13. The lowest BCUT2D eigenvalue weighted by Crippen LogP contribution is -2.46. The zero-order valence-corrected chi connectivity index (χ0v) is 19.1. The maximum absolute atomic E-state index is 12.5. The van der Waals surface area contributed by atoms with Crippen LogP contribution in [0.3, 0.4) is 0 Å². The molecule has 0 fully saturated rings. The standard InChI is InChI=1S/C22H24Cl2N2O5/c1-12(2)20(26-21(28)14-7-5-6-8-15(14)23)22(29)31-11-19(27)25-17-9-13(3)16(24)10-18(17)30-4/h5-10,12,20H,11H2,1-4H3,(H,25,27)(H,26,28).